The minimum atomic E-state index is -0.839. The molecule has 0 bridgehead atoms. The van der Waals surface area contributed by atoms with Crippen LogP contribution in [0.15, 0.2) is 42.5 Å². The van der Waals surface area contributed by atoms with Crippen molar-refractivity contribution in [1.82, 2.24) is 0 Å². The quantitative estimate of drug-likeness (QED) is 0.874. The molecule has 1 aliphatic heterocycles. The van der Waals surface area contributed by atoms with Gasteiger partial charge in [0.05, 0.1) is 18.8 Å². The fraction of sp³-hybridized carbons (Fsp3) is 0.333. The second-order valence-electron chi connectivity index (χ2n) is 5.87. The lowest BCUT2D eigenvalue weighted by Gasteiger charge is -2.24. The van der Waals surface area contributed by atoms with E-state index in [1.165, 1.54) is 11.1 Å². The Morgan fingerprint density at radius 2 is 1.52 bits per heavy atom. The largest absolute Gasteiger partial charge is 0.490 e. The molecule has 0 amide bonds. The van der Waals surface area contributed by atoms with Gasteiger partial charge in [-0.15, -0.1) is 0 Å². The van der Waals surface area contributed by atoms with Crippen LogP contribution in [0, 0.1) is 0 Å². The van der Waals surface area contributed by atoms with Crippen LogP contribution < -0.4 is 9.47 Å². The average molecular weight is 282 g/mol. The molecule has 3 nitrogen and oxygen atoms in total. The standard InChI is InChI=1S/C18H18O3/c19-18(11-13-4-1-2-5-14(13)12-18)15-6-7-16-17(10-15)21-9-3-8-20-16/h1-2,4-7,10,19H,3,8-9,11-12H2. The fourth-order valence-electron chi connectivity index (χ4n) is 3.25. The molecule has 0 unspecified atom stereocenters. The predicted molar refractivity (Wildman–Crippen MR) is 79.8 cm³/mol. The molecule has 0 atom stereocenters. The first-order valence-electron chi connectivity index (χ1n) is 7.44. The lowest BCUT2D eigenvalue weighted by molar-refractivity contribution is 0.0479. The Bertz CT molecular complexity index is 653. The molecule has 0 spiro atoms. The molecule has 2 aliphatic rings. The lowest BCUT2D eigenvalue weighted by Crippen LogP contribution is -2.26. The van der Waals surface area contributed by atoms with Gasteiger partial charge in [-0.1, -0.05) is 30.3 Å². The van der Waals surface area contributed by atoms with E-state index < -0.39 is 5.60 Å². The number of hydrogen-bond acceptors (Lipinski definition) is 3. The van der Waals surface area contributed by atoms with Gasteiger partial charge in [-0.3, -0.25) is 0 Å². The van der Waals surface area contributed by atoms with Gasteiger partial charge < -0.3 is 14.6 Å². The van der Waals surface area contributed by atoms with Crippen LogP contribution in [-0.2, 0) is 18.4 Å². The molecule has 0 fully saturated rings. The molecule has 108 valence electrons. The second kappa shape index (κ2) is 4.78. The van der Waals surface area contributed by atoms with E-state index in [2.05, 4.69) is 12.1 Å². The predicted octanol–water partition coefficient (Wildman–Crippen LogP) is 2.83. The van der Waals surface area contributed by atoms with Crippen molar-refractivity contribution in [3.05, 3.63) is 59.2 Å². The van der Waals surface area contributed by atoms with E-state index in [9.17, 15) is 5.11 Å². The normalized spacial score (nSPS) is 18.9. The second-order valence-corrected chi connectivity index (χ2v) is 5.87. The zero-order valence-electron chi connectivity index (χ0n) is 11.8. The van der Waals surface area contributed by atoms with Gasteiger partial charge in [0.2, 0.25) is 0 Å². The molecular weight excluding hydrogens is 264 g/mol. The summed E-state index contributed by atoms with van der Waals surface area (Å²) in [5.74, 6) is 1.52. The summed E-state index contributed by atoms with van der Waals surface area (Å²) in [7, 11) is 0. The first-order chi connectivity index (χ1) is 10.2. The van der Waals surface area contributed by atoms with E-state index in [1.807, 2.05) is 30.3 Å². The van der Waals surface area contributed by atoms with Gasteiger partial charge in [-0.2, -0.15) is 0 Å². The van der Waals surface area contributed by atoms with E-state index in [4.69, 9.17) is 9.47 Å². The molecule has 1 heterocycles. The summed E-state index contributed by atoms with van der Waals surface area (Å²) in [5, 5.41) is 11.1. The number of ether oxygens (including phenoxy) is 2. The molecule has 1 N–H and O–H groups in total. The van der Waals surface area contributed by atoms with E-state index in [0.29, 0.717) is 26.1 Å². The van der Waals surface area contributed by atoms with Gasteiger partial charge in [0, 0.05) is 19.3 Å². The van der Waals surface area contributed by atoms with Crippen molar-refractivity contribution in [3.63, 3.8) is 0 Å². The maximum absolute atomic E-state index is 11.1. The fourth-order valence-corrected chi connectivity index (χ4v) is 3.25. The highest BCUT2D eigenvalue weighted by Crippen LogP contribution is 2.41. The molecule has 0 saturated heterocycles. The Morgan fingerprint density at radius 3 is 2.24 bits per heavy atom. The number of hydrogen-bond donors (Lipinski definition) is 1. The summed E-state index contributed by atoms with van der Waals surface area (Å²) < 4.78 is 11.4. The zero-order valence-corrected chi connectivity index (χ0v) is 11.8. The molecule has 0 saturated carbocycles. The number of aliphatic hydroxyl groups is 1. The Hall–Kier alpha value is -2.00. The van der Waals surface area contributed by atoms with Crippen LogP contribution in [0.4, 0.5) is 0 Å². The van der Waals surface area contributed by atoms with Crippen molar-refractivity contribution >= 4 is 0 Å². The van der Waals surface area contributed by atoms with Crippen molar-refractivity contribution in [2.75, 3.05) is 13.2 Å². The molecular formula is C18H18O3. The van der Waals surface area contributed by atoms with Crippen LogP contribution in [0.2, 0.25) is 0 Å². The number of benzene rings is 2. The summed E-state index contributed by atoms with van der Waals surface area (Å²) in [4.78, 5) is 0. The average Bonchev–Trinajstić information content (AvgIpc) is 2.68. The summed E-state index contributed by atoms with van der Waals surface area (Å²) in [6.45, 7) is 1.34. The first-order valence-corrected chi connectivity index (χ1v) is 7.44. The molecule has 1 aliphatic carbocycles. The molecule has 2 aromatic rings. The third kappa shape index (κ3) is 2.18. The van der Waals surface area contributed by atoms with Crippen molar-refractivity contribution < 1.29 is 14.6 Å². The molecule has 2 aromatic carbocycles. The minimum absolute atomic E-state index is 0.656. The summed E-state index contributed by atoms with van der Waals surface area (Å²) >= 11 is 0. The Labute approximate surface area is 124 Å². The highest BCUT2D eigenvalue weighted by molar-refractivity contribution is 5.48. The summed E-state index contributed by atoms with van der Waals surface area (Å²) in [6.07, 6.45) is 2.20. The smallest absolute Gasteiger partial charge is 0.161 e. The first kappa shape index (κ1) is 12.7. The summed E-state index contributed by atoms with van der Waals surface area (Å²) in [6, 6.07) is 14.0. The monoisotopic (exact) mass is 282 g/mol. The molecule has 4 rings (SSSR count). The van der Waals surface area contributed by atoms with Gasteiger partial charge in [-0.05, 0) is 28.8 Å². The van der Waals surface area contributed by atoms with E-state index >= 15 is 0 Å². The van der Waals surface area contributed by atoms with Crippen LogP contribution >= 0.6 is 0 Å². The molecule has 0 radical (unpaired) electrons. The third-order valence-corrected chi connectivity index (χ3v) is 4.37. The Kier molecular flexibility index (Phi) is 2.89. The van der Waals surface area contributed by atoms with Crippen LogP contribution in [0.5, 0.6) is 11.5 Å². The van der Waals surface area contributed by atoms with Crippen molar-refractivity contribution in [1.29, 1.82) is 0 Å². The molecule has 3 heteroatoms. The van der Waals surface area contributed by atoms with E-state index in [-0.39, 0.29) is 0 Å². The molecule has 0 aromatic heterocycles. The van der Waals surface area contributed by atoms with Gasteiger partial charge in [0.25, 0.3) is 0 Å². The van der Waals surface area contributed by atoms with Gasteiger partial charge in [0.15, 0.2) is 11.5 Å². The molecule has 21 heavy (non-hydrogen) atoms. The van der Waals surface area contributed by atoms with Crippen LogP contribution in [0.25, 0.3) is 0 Å². The van der Waals surface area contributed by atoms with Crippen molar-refractivity contribution in [2.45, 2.75) is 24.9 Å². The van der Waals surface area contributed by atoms with Crippen molar-refractivity contribution in [3.8, 4) is 11.5 Å². The van der Waals surface area contributed by atoms with Crippen LogP contribution in [0.3, 0.4) is 0 Å². The highest BCUT2D eigenvalue weighted by atomic mass is 16.5. The van der Waals surface area contributed by atoms with Gasteiger partial charge in [0.1, 0.15) is 0 Å². The van der Waals surface area contributed by atoms with Gasteiger partial charge >= 0.3 is 0 Å². The number of fused-ring (bicyclic) bond motifs is 2. The van der Waals surface area contributed by atoms with Gasteiger partial charge in [-0.25, -0.2) is 0 Å². The lowest BCUT2D eigenvalue weighted by atomic mass is 9.90. The highest BCUT2D eigenvalue weighted by Gasteiger charge is 2.37. The Morgan fingerprint density at radius 1 is 0.857 bits per heavy atom. The summed E-state index contributed by atoms with van der Waals surface area (Å²) in [5.41, 5.74) is 2.52. The number of rotatable bonds is 1. The third-order valence-electron chi connectivity index (χ3n) is 4.37. The van der Waals surface area contributed by atoms with E-state index in [0.717, 1.165) is 23.5 Å². The Balaban J connectivity index is 1.70. The van der Waals surface area contributed by atoms with E-state index in [1.54, 1.807) is 0 Å². The topological polar surface area (TPSA) is 38.7 Å². The van der Waals surface area contributed by atoms with Crippen LogP contribution in [0.1, 0.15) is 23.1 Å². The maximum atomic E-state index is 11.1. The zero-order chi connectivity index (χ0) is 14.3. The maximum Gasteiger partial charge on any atom is 0.161 e. The van der Waals surface area contributed by atoms with Crippen LogP contribution in [-0.4, -0.2) is 18.3 Å². The van der Waals surface area contributed by atoms with Crippen molar-refractivity contribution in [2.24, 2.45) is 0 Å². The SMILES string of the molecule is OC1(c2ccc3c(c2)OCCCO3)Cc2ccccc2C1. The minimum Gasteiger partial charge on any atom is -0.490 e.